The molecule has 0 aromatic carbocycles. The van der Waals surface area contributed by atoms with Gasteiger partial charge in [0.15, 0.2) is 0 Å². The maximum Gasteiger partial charge on any atom is 0.477 e. The molecule has 1 heterocycles. The fraction of sp³-hybridized carbons (Fsp3) is 0.250. The third-order valence-corrected chi connectivity index (χ3v) is 1.31. The number of hydrogen-bond acceptors (Lipinski definition) is 5. The van der Waals surface area contributed by atoms with Crippen LogP contribution in [0, 0.1) is 10.4 Å². The lowest BCUT2D eigenvalue weighted by molar-refractivity contribution is -0.727. The third kappa shape index (κ3) is 0.863. The molecule has 0 aromatic heterocycles. The molecule has 7 nitrogen and oxygen atoms in total. The van der Waals surface area contributed by atoms with Crippen molar-refractivity contribution in [2.24, 2.45) is 11.5 Å². The van der Waals surface area contributed by atoms with E-state index in [1.54, 1.807) is 0 Å². The van der Waals surface area contributed by atoms with Gasteiger partial charge in [-0.2, -0.15) is 0 Å². The molecule has 0 aromatic rings. The molecule has 0 amide bonds. The summed E-state index contributed by atoms with van der Waals surface area (Å²) < 4.78 is 4.62. The van der Waals surface area contributed by atoms with Crippen LogP contribution in [0.2, 0.25) is 0 Å². The van der Waals surface area contributed by atoms with E-state index >= 15 is 0 Å². The van der Waals surface area contributed by atoms with Crippen LogP contribution in [-0.4, -0.2) is 17.9 Å². The van der Waals surface area contributed by atoms with E-state index in [-0.39, 0.29) is 22.4 Å². The van der Waals surface area contributed by atoms with Crippen molar-refractivity contribution in [1.82, 2.24) is 0 Å². The Bertz CT molecular complexity index is 246. The molecule has 11 heavy (non-hydrogen) atoms. The van der Waals surface area contributed by atoms with Crippen LogP contribution in [0.15, 0.2) is 11.6 Å². The SMILES string of the molecule is COC1=[N+]([O-])C(N)=C(N)[NH+]1[O-]. The summed E-state index contributed by atoms with van der Waals surface area (Å²) in [4.78, 5) is 0. The summed E-state index contributed by atoms with van der Waals surface area (Å²) in [5.74, 6) is -0.580. The van der Waals surface area contributed by atoms with Gasteiger partial charge in [0, 0.05) is 0 Å². The van der Waals surface area contributed by atoms with Crippen LogP contribution in [0.1, 0.15) is 0 Å². The van der Waals surface area contributed by atoms with E-state index < -0.39 is 5.06 Å². The van der Waals surface area contributed by atoms with E-state index in [9.17, 15) is 10.4 Å². The Morgan fingerprint density at radius 2 is 2.09 bits per heavy atom. The molecule has 1 aliphatic rings. The molecule has 0 radical (unpaired) electrons. The highest BCUT2D eigenvalue weighted by atomic mass is 16.6. The van der Waals surface area contributed by atoms with Crippen molar-refractivity contribution in [3.8, 4) is 0 Å². The molecule has 0 spiro atoms. The highest BCUT2D eigenvalue weighted by Crippen LogP contribution is 1.93. The maximum absolute atomic E-state index is 10.9. The van der Waals surface area contributed by atoms with Crippen molar-refractivity contribution in [2.45, 2.75) is 0 Å². The quantitative estimate of drug-likeness (QED) is 0.257. The van der Waals surface area contributed by atoms with Gasteiger partial charge < -0.3 is 20.9 Å². The molecular weight excluding hydrogens is 152 g/mol. The van der Waals surface area contributed by atoms with Crippen LogP contribution >= 0.6 is 0 Å². The Morgan fingerprint density at radius 1 is 1.55 bits per heavy atom. The van der Waals surface area contributed by atoms with Crippen LogP contribution in [0.25, 0.3) is 0 Å². The summed E-state index contributed by atoms with van der Waals surface area (Å²) in [5, 5.41) is 21.1. The van der Waals surface area contributed by atoms with Crippen molar-refractivity contribution in [2.75, 3.05) is 7.11 Å². The molecule has 62 valence electrons. The molecule has 0 saturated heterocycles. The largest absolute Gasteiger partial charge is 0.704 e. The van der Waals surface area contributed by atoms with Crippen molar-refractivity contribution >= 4 is 6.02 Å². The average molecular weight is 160 g/mol. The van der Waals surface area contributed by atoms with Gasteiger partial charge in [0.2, 0.25) is 0 Å². The second-order valence-electron chi connectivity index (χ2n) is 1.93. The number of nitrogens with zero attached hydrogens (tertiary/aromatic N) is 1. The monoisotopic (exact) mass is 160 g/mol. The van der Waals surface area contributed by atoms with Gasteiger partial charge in [-0.15, -0.1) is 4.74 Å². The van der Waals surface area contributed by atoms with Gasteiger partial charge in [0.1, 0.15) is 0 Å². The summed E-state index contributed by atoms with van der Waals surface area (Å²) in [6, 6.07) is -0.389. The van der Waals surface area contributed by atoms with E-state index in [0.717, 1.165) is 0 Å². The van der Waals surface area contributed by atoms with Gasteiger partial charge in [-0.05, 0) is 0 Å². The van der Waals surface area contributed by atoms with E-state index in [1.807, 2.05) is 0 Å². The van der Waals surface area contributed by atoms with Gasteiger partial charge in [0.05, 0.1) is 7.11 Å². The Hall–Kier alpha value is -1.47. The Morgan fingerprint density at radius 3 is 2.27 bits per heavy atom. The lowest BCUT2D eigenvalue weighted by Gasteiger charge is -2.12. The molecular formula is C4H8N4O3. The first-order valence-corrected chi connectivity index (χ1v) is 2.77. The number of hydroxylamine groups is 3. The standard InChI is InChI=1S/C4H8N4O3/c1-11-4-7(9)2(5)3(6)8(4)10/h7H,5-6H2,1H3. The molecule has 0 saturated carbocycles. The van der Waals surface area contributed by atoms with Gasteiger partial charge in [-0.25, -0.2) is 5.06 Å². The van der Waals surface area contributed by atoms with Gasteiger partial charge >= 0.3 is 11.8 Å². The van der Waals surface area contributed by atoms with Crippen LogP contribution in [0.4, 0.5) is 0 Å². The summed E-state index contributed by atoms with van der Waals surface area (Å²) in [6.45, 7) is 0. The summed E-state index contributed by atoms with van der Waals surface area (Å²) in [6.07, 6.45) is 0. The first-order chi connectivity index (χ1) is 5.09. The molecule has 0 aliphatic carbocycles. The van der Waals surface area contributed by atoms with Crippen LogP contribution in [-0.2, 0) is 4.74 Å². The molecule has 0 bridgehead atoms. The molecule has 1 atom stereocenters. The fourth-order valence-electron chi connectivity index (χ4n) is 0.718. The number of amidine groups is 1. The highest BCUT2D eigenvalue weighted by molar-refractivity contribution is 5.61. The molecule has 1 rings (SSSR count). The number of rotatable bonds is 0. The minimum absolute atomic E-state index is 0.164. The van der Waals surface area contributed by atoms with Gasteiger partial charge in [0.25, 0.3) is 5.82 Å². The zero-order valence-corrected chi connectivity index (χ0v) is 5.83. The summed E-state index contributed by atoms with van der Waals surface area (Å²) in [5.41, 5.74) is 10.3. The predicted octanol–water partition coefficient (Wildman–Crippen LogP) is -3.06. The third-order valence-electron chi connectivity index (χ3n) is 1.31. The topological polar surface area (TPSA) is 115 Å². The van der Waals surface area contributed by atoms with Crippen molar-refractivity contribution in [1.29, 1.82) is 0 Å². The van der Waals surface area contributed by atoms with E-state index in [4.69, 9.17) is 11.5 Å². The average Bonchev–Trinajstić information content (AvgIpc) is 2.17. The van der Waals surface area contributed by atoms with Gasteiger partial charge in [-0.1, -0.05) is 0 Å². The number of methoxy groups -OCH3 is 1. The molecule has 0 fully saturated rings. The molecule has 1 aliphatic heterocycles. The Labute approximate surface area is 62.3 Å². The van der Waals surface area contributed by atoms with Crippen LogP contribution in [0.3, 0.4) is 0 Å². The minimum Gasteiger partial charge on any atom is -0.704 e. The summed E-state index contributed by atoms with van der Waals surface area (Å²) >= 11 is 0. The first kappa shape index (κ1) is 7.63. The van der Waals surface area contributed by atoms with Crippen molar-refractivity contribution in [3.05, 3.63) is 22.1 Å². The zero-order chi connectivity index (χ0) is 8.59. The van der Waals surface area contributed by atoms with Crippen molar-refractivity contribution in [3.63, 3.8) is 0 Å². The van der Waals surface area contributed by atoms with Crippen LogP contribution in [0.5, 0.6) is 0 Å². The lowest BCUT2D eigenvalue weighted by Crippen LogP contribution is -3.09. The minimum atomic E-state index is -0.667. The van der Waals surface area contributed by atoms with E-state index in [1.165, 1.54) is 7.11 Å². The Kier molecular flexibility index (Phi) is 1.59. The first-order valence-electron chi connectivity index (χ1n) is 2.77. The van der Waals surface area contributed by atoms with Gasteiger partial charge in [-0.3, -0.25) is 5.73 Å². The normalized spacial score (nSPS) is 24.7. The van der Waals surface area contributed by atoms with Crippen molar-refractivity contribution < 1.29 is 14.5 Å². The maximum atomic E-state index is 10.9. The van der Waals surface area contributed by atoms with E-state index in [2.05, 4.69) is 4.74 Å². The molecule has 1 unspecified atom stereocenters. The lowest BCUT2D eigenvalue weighted by atomic mass is 10.7. The second-order valence-corrected chi connectivity index (χ2v) is 1.93. The zero-order valence-electron chi connectivity index (χ0n) is 5.83. The fourth-order valence-corrected chi connectivity index (χ4v) is 0.718. The van der Waals surface area contributed by atoms with Crippen LogP contribution < -0.4 is 16.5 Å². The van der Waals surface area contributed by atoms with E-state index in [0.29, 0.717) is 0 Å². The molecule has 7 heteroatoms. The Balaban J connectivity index is 3.04. The number of nitrogens with two attached hydrogens (primary N) is 2. The second kappa shape index (κ2) is 2.29. The highest BCUT2D eigenvalue weighted by Gasteiger charge is 2.32. The number of nitrogens with one attached hydrogen (secondary N) is 1. The number of ether oxygens (including phenoxy) is 1. The summed E-state index contributed by atoms with van der Waals surface area (Å²) in [7, 11) is 1.20. The number of quaternary nitrogens is 1. The smallest absolute Gasteiger partial charge is 0.477 e. The molecule has 5 N–H and O–H groups in total. The number of hydrogen-bond donors (Lipinski definition) is 3. The predicted molar refractivity (Wildman–Crippen MR) is 35.4 cm³/mol.